The van der Waals surface area contributed by atoms with Crippen molar-refractivity contribution < 1.29 is 0 Å². The second-order valence-corrected chi connectivity index (χ2v) is 6.12. The monoisotopic (exact) mass is 261 g/mol. The van der Waals surface area contributed by atoms with Crippen LogP contribution in [0.3, 0.4) is 0 Å². The number of rotatable bonds is 2. The molecule has 0 aromatic carbocycles. The van der Waals surface area contributed by atoms with Crippen LogP contribution in [0.2, 0.25) is 0 Å². The predicted octanol–water partition coefficient (Wildman–Crippen LogP) is 1.76. The molecule has 1 atom stereocenters. The summed E-state index contributed by atoms with van der Waals surface area (Å²) >= 11 is 1.66. The number of thiazole rings is 1. The summed E-state index contributed by atoms with van der Waals surface area (Å²) in [5.41, 5.74) is 0.965. The number of hydrogen-bond acceptors (Lipinski definition) is 5. The Labute approximate surface area is 109 Å². The minimum absolute atomic E-state index is 0.403. The summed E-state index contributed by atoms with van der Waals surface area (Å²) < 4.78 is 2.24. The highest BCUT2D eigenvalue weighted by Crippen LogP contribution is 2.41. The van der Waals surface area contributed by atoms with Gasteiger partial charge in [0, 0.05) is 18.5 Å². The quantitative estimate of drug-likeness (QED) is 0.895. The number of fused-ring (bicyclic) bond motifs is 1. The summed E-state index contributed by atoms with van der Waals surface area (Å²) in [5.74, 6) is 2.80. The van der Waals surface area contributed by atoms with Crippen molar-refractivity contribution in [2.45, 2.75) is 32.4 Å². The van der Waals surface area contributed by atoms with Crippen molar-refractivity contribution in [1.82, 2.24) is 25.1 Å². The van der Waals surface area contributed by atoms with Gasteiger partial charge in [0.2, 0.25) is 0 Å². The van der Waals surface area contributed by atoms with E-state index in [2.05, 4.69) is 30.4 Å². The average Bonchev–Trinajstić information content (AvgIpc) is 2.99. The lowest BCUT2D eigenvalue weighted by Crippen LogP contribution is -2.35. The Morgan fingerprint density at radius 3 is 3.00 bits per heavy atom. The SMILES string of the molecule is Cc1nc(-c2nnc3n2CCNC3C2CC2)cs1. The number of nitrogens with one attached hydrogen (secondary N) is 1. The molecule has 0 bridgehead atoms. The second kappa shape index (κ2) is 3.86. The van der Waals surface area contributed by atoms with Gasteiger partial charge in [-0.05, 0) is 25.7 Å². The number of aromatic nitrogens is 4. The lowest BCUT2D eigenvalue weighted by atomic mass is 10.1. The van der Waals surface area contributed by atoms with Crippen LogP contribution in [0, 0.1) is 12.8 Å². The summed E-state index contributed by atoms with van der Waals surface area (Å²) in [6, 6.07) is 0.403. The Bertz CT molecular complexity index is 583. The van der Waals surface area contributed by atoms with E-state index in [0.29, 0.717) is 6.04 Å². The zero-order valence-electron chi connectivity index (χ0n) is 10.3. The third kappa shape index (κ3) is 1.59. The number of aryl methyl sites for hydroxylation is 1. The first-order chi connectivity index (χ1) is 8.83. The standard InChI is InChI=1S/C12H15N5S/c1-7-14-9(6-18-7)11-15-16-12-10(8-2-3-8)13-4-5-17(11)12/h6,8,10,13H,2-5H2,1H3. The fourth-order valence-corrected chi connectivity index (χ4v) is 3.24. The minimum Gasteiger partial charge on any atom is -0.307 e. The fourth-order valence-electron chi connectivity index (χ4n) is 2.65. The Morgan fingerprint density at radius 2 is 2.28 bits per heavy atom. The molecule has 1 aliphatic carbocycles. The molecule has 6 heteroatoms. The first-order valence-corrected chi connectivity index (χ1v) is 7.30. The molecular formula is C12H15N5S. The summed E-state index contributed by atoms with van der Waals surface area (Å²) in [6.07, 6.45) is 2.63. The molecule has 1 fully saturated rings. The van der Waals surface area contributed by atoms with Crippen LogP contribution in [-0.4, -0.2) is 26.3 Å². The van der Waals surface area contributed by atoms with Gasteiger partial charge in [0.15, 0.2) is 11.6 Å². The van der Waals surface area contributed by atoms with E-state index >= 15 is 0 Å². The average molecular weight is 261 g/mol. The normalized spacial score (nSPS) is 23.1. The lowest BCUT2D eigenvalue weighted by molar-refractivity contribution is 0.383. The molecule has 2 aromatic heterocycles. The summed E-state index contributed by atoms with van der Waals surface area (Å²) in [7, 11) is 0. The van der Waals surface area contributed by atoms with Crippen LogP contribution in [0.1, 0.15) is 29.7 Å². The van der Waals surface area contributed by atoms with Gasteiger partial charge in [-0.1, -0.05) is 0 Å². The first kappa shape index (κ1) is 10.6. The molecule has 0 amide bonds. The molecular weight excluding hydrogens is 246 g/mol. The zero-order chi connectivity index (χ0) is 12.1. The topological polar surface area (TPSA) is 55.6 Å². The molecule has 3 heterocycles. The van der Waals surface area contributed by atoms with Crippen LogP contribution in [0.15, 0.2) is 5.38 Å². The van der Waals surface area contributed by atoms with Crippen LogP contribution >= 0.6 is 11.3 Å². The van der Waals surface area contributed by atoms with Gasteiger partial charge >= 0.3 is 0 Å². The van der Waals surface area contributed by atoms with Crippen molar-refractivity contribution in [2.75, 3.05) is 6.54 Å². The summed E-state index contributed by atoms with van der Waals surface area (Å²) in [5, 5.41) is 15.5. The maximum atomic E-state index is 4.52. The molecule has 1 aliphatic heterocycles. The van der Waals surface area contributed by atoms with Gasteiger partial charge < -0.3 is 9.88 Å². The molecule has 2 aliphatic rings. The Kier molecular flexibility index (Phi) is 2.28. The van der Waals surface area contributed by atoms with Gasteiger partial charge in [0.25, 0.3) is 0 Å². The number of hydrogen-bond donors (Lipinski definition) is 1. The van der Waals surface area contributed by atoms with Crippen LogP contribution in [0.4, 0.5) is 0 Å². The number of nitrogens with zero attached hydrogens (tertiary/aromatic N) is 4. The van der Waals surface area contributed by atoms with Crippen LogP contribution < -0.4 is 5.32 Å². The molecule has 94 valence electrons. The van der Waals surface area contributed by atoms with Gasteiger partial charge in [-0.2, -0.15) is 0 Å². The molecule has 0 radical (unpaired) electrons. The molecule has 4 rings (SSSR count). The van der Waals surface area contributed by atoms with Crippen molar-refractivity contribution in [3.8, 4) is 11.5 Å². The van der Waals surface area contributed by atoms with E-state index in [0.717, 1.165) is 41.4 Å². The molecule has 2 aromatic rings. The fraction of sp³-hybridized carbons (Fsp3) is 0.583. The maximum Gasteiger partial charge on any atom is 0.183 e. The molecule has 1 unspecified atom stereocenters. The van der Waals surface area contributed by atoms with Crippen molar-refractivity contribution in [1.29, 1.82) is 0 Å². The van der Waals surface area contributed by atoms with E-state index in [1.54, 1.807) is 11.3 Å². The summed E-state index contributed by atoms with van der Waals surface area (Å²) in [4.78, 5) is 4.52. The molecule has 1 saturated carbocycles. The first-order valence-electron chi connectivity index (χ1n) is 6.42. The van der Waals surface area contributed by atoms with E-state index < -0.39 is 0 Å². The predicted molar refractivity (Wildman–Crippen MR) is 69.3 cm³/mol. The largest absolute Gasteiger partial charge is 0.307 e. The minimum atomic E-state index is 0.403. The van der Waals surface area contributed by atoms with Crippen LogP contribution in [0.5, 0.6) is 0 Å². The van der Waals surface area contributed by atoms with Gasteiger partial charge in [0.05, 0.1) is 11.0 Å². The van der Waals surface area contributed by atoms with Crippen molar-refractivity contribution in [2.24, 2.45) is 5.92 Å². The highest BCUT2D eigenvalue weighted by molar-refractivity contribution is 7.09. The molecule has 18 heavy (non-hydrogen) atoms. The zero-order valence-corrected chi connectivity index (χ0v) is 11.1. The highest BCUT2D eigenvalue weighted by Gasteiger charge is 2.37. The van der Waals surface area contributed by atoms with Gasteiger partial charge in [-0.15, -0.1) is 21.5 Å². The smallest absolute Gasteiger partial charge is 0.183 e. The van der Waals surface area contributed by atoms with Gasteiger partial charge in [-0.3, -0.25) is 0 Å². The van der Waals surface area contributed by atoms with Gasteiger partial charge in [0.1, 0.15) is 5.69 Å². The van der Waals surface area contributed by atoms with E-state index in [1.807, 2.05) is 6.92 Å². The molecule has 0 spiro atoms. The Hall–Kier alpha value is -1.27. The van der Waals surface area contributed by atoms with Crippen molar-refractivity contribution >= 4 is 11.3 Å². The Balaban J connectivity index is 1.77. The molecule has 1 N–H and O–H groups in total. The lowest BCUT2D eigenvalue weighted by Gasteiger charge is -2.24. The Morgan fingerprint density at radius 1 is 1.39 bits per heavy atom. The van der Waals surface area contributed by atoms with E-state index in [9.17, 15) is 0 Å². The third-order valence-corrected chi connectivity index (χ3v) is 4.47. The van der Waals surface area contributed by atoms with E-state index in [4.69, 9.17) is 0 Å². The molecule has 5 nitrogen and oxygen atoms in total. The van der Waals surface area contributed by atoms with Crippen molar-refractivity contribution in [3.05, 3.63) is 16.2 Å². The maximum absolute atomic E-state index is 4.52. The third-order valence-electron chi connectivity index (χ3n) is 3.70. The van der Waals surface area contributed by atoms with E-state index in [1.165, 1.54) is 12.8 Å². The van der Waals surface area contributed by atoms with E-state index in [-0.39, 0.29) is 0 Å². The summed E-state index contributed by atoms with van der Waals surface area (Å²) in [6.45, 7) is 3.97. The van der Waals surface area contributed by atoms with Gasteiger partial charge in [-0.25, -0.2) is 4.98 Å². The second-order valence-electron chi connectivity index (χ2n) is 5.05. The highest BCUT2D eigenvalue weighted by atomic mass is 32.1. The van der Waals surface area contributed by atoms with Crippen molar-refractivity contribution in [3.63, 3.8) is 0 Å². The molecule has 0 saturated heterocycles. The van der Waals surface area contributed by atoms with Crippen LogP contribution in [0.25, 0.3) is 11.5 Å². The van der Waals surface area contributed by atoms with Crippen LogP contribution in [-0.2, 0) is 6.54 Å².